The van der Waals surface area contributed by atoms with Crippen LogP contribution in [0.3, 0.4) is 0 Å². The van der Waals surface area contributed by atoms with Crippen LogP contribution < -0.4 is 10.1 Å². The van der Waals surface area contributed by atoms with E-state index in [1.165, 1.54) is 25.0 Å². The number of nitro groups is 1. The molecule has 2 rings (SSSR count). The molecule has 5 nitrogen and oxygen atoms in total. The fraction of sp³-hybridized carbons (Fsp3) is 0.571. The zero-order valence-corrected chi connectivity index (χ0v) is 11.2. The fourth-order valence-electron chi connectivity index (χ4n) is 2.36. The van der Waals surface area contributed by atoms with E-state index >= 15 is 0 Å². The molecule has 0 aliphatic carbocycles. The van der Waals surface area contributed by atoms with Crippen LogP contribution in [-0.2, 0) is 0 Å². The zero-order valence-electron chi connectivity index (χ0n) is 11.2. The molecule has 1 aromatic rings. The van der Waals surface area contributed by atoms with E-state index in [1.54, 1.807) is 6.07 Å². The minimum Gasteiger partial charge on any atom is -0.493 e. The molecular weight excluding hydrogens is 244 g/mol. The highest BCUT2D eigenvalue weighted by Gasteiger charge is 2.14. The first-order valence-corrected chi connectivity index (χ1v) is 6.75. The topological polar surface area (TPSA) is 64.4 Å². The Balaban J connectivity index is 1.87. The summed E-state index contributed by atoms with van der Waals surface area (Å²) >= 11 is 0. The molecular formula is C14H20N2O3. The highest BCUT2D eigenvalue weighted by Crippen LogP contribution is 2.24. The molecule has 1 N–H and O–H groups in total. The Hall–Kier alpha value is -1.62. The van der Waals surface area contributed by atoms with Gasteiger partial charge in [0.05, 0.1) is 17.6 Å². The van der Waals surface area contributed by atoms with Crippen LogP contribution in [-0.4, -0.2) is 24.6 Å². The van der Waals surface area contributed by atoms with E-state index in [1.807, 2.05) is 6.92 Å². The van der Waals surface area contributed by atoms with E-state index in [9.17, 15) is 10.1 Å². The Morgan fingerprint density at radius 1 is 1.53 bits per heavy atom. The van der Waals surface area contributed by atoms with Crippen LogP contribution in [0.25, 0.3) is 0 Å². The number of ether oxygens (including phenoxy) is 1. The Labute approximate surface area is 113 Å². The monoisotopic (exact) mass is 264 g/mol. The summed E-state index contributed by atoms with van der Waals surface area (Å²) in [5.41, 5.74) is 1.02. The maximum Gasteiger partial charge on any atom is 0.273 e. The minimum absolute atomic E-state index is 0.0833. The van der Waals surface area contributed by atoms with Crippen LogP contribution in [0.15, 0.2) is 18.2 Å². The van der Waals surface area contributed by atoms with E-state index in [0.717, 1.165) is 25.1 Å². The third kappa shape index (κ3) is 3.92. The molecule has 0 bridgehead atoms. The number of nitrogens with one attached hydrogen (secondary N) is 1. The average Bonchev–Trinajstić information content (AvgIpc) is 2.42. The lowest BCUT2D eigenvalue weighted by Gasteiger charge is -2.22. The SMILES string of the molecule is Cc1ccc([N+](=O)[O-])cc1OCCC1CCCNC1. The van der Waals surface area contributed by atoms with Gasteiger partial charge >= 0.3 is 0 Å². The summed E-state index contributed by atoms with van der Waals surface area (Å²) in [6, 6.07) is 4.75. The second kappa shape index (κ2) is 6.52. The number of nitrogens with zero attached hydrogens (tertiary/aromatic N) is 1. The Morgan fingerprint density at radius 3 is 3.05 bits per heavy atom. The van der Waals surface area contributed by atoms with Gasteiger partial charge in [0.2, 0.25) is 0 Å². The molecule has 1 atom stereocenters. The highest BCUT2D eigenvalue weighted by molar-refractivity contribution is 5.43. The van der Waals surface area contributed by atoms with Gasteiger partial charge in [-0.25, -0.2) is 0 Å². The largest absolute Gasteiger partial charge is 0.493 e. The molecule has 1 aromatic carbocycles. The van der Waals surface area contributed by atoms with Gasteiger partial charge in [0.15, 0.2) is 0 Å². The number of rotatable bonds is 5. The average molecular weight is 264 g/mol. The van der Waals surface area contributed by atoms with E-state index in [0.29, 0.717) is 18.3 Å². The van der Waals surface area contributed by atoms with Crippen molar-refractivity contribution >= 4 is 5.69 Å². The molecule has 1 aliphatic heterocycles. The molecule has 1 aliphatic rings. The first kappa shape index (κ1) is 13.8. The minimum atomic E-state index is -0.392. The summed E-state index contributed by atoms with van der Waals surface area (Å²) < 4.78 is 5.70. The molecule has 0 amide bonds. The Kier molecular flexibility index (Phi) is 4.74. The van der Waals surface area contributed by atoms with Crippen molar-refractivity contribution in [2.45, 2.75) is 26.2 Å². The summed E-state index contributed by atoms with van der Waals surface area (Å²) in [7, 11) is 0. The fourth-order valence-corrected chi connectivity index (χ4v) is 2.36. The van der Waals surface area contributed by atoms with Crippen molar-refractivity contribution in [3.05, 3.63) is 33.9 Å². The van der Waals surface area contributed by atoms with Gasteiger partial charge in [-0.3, -0.25) is 10.1 Å². The van der Waals surface area contributed by atoms with Crippen LogP contribution in [0.5, 0.6) is 5.75 Å². The molecule has 1 heterocycles. The maximum atomic E-state index is 10.7. The van der Waals surface area contributed by atoms with Gasteiger partial charge in [0.1, 0.15) is 5.75 Å². The second-order valence-corrected chi connectivity index (χ2v) is 5.06. The lowest BCUT2D eigenvalue weighted by atomic mass is 9.97. The molecule has 5 heteroatoms. The van der Waals surface area contributed by atoms with Crippen molar-refractivity contribution < 1.29 is 9.66 Å². The molecule has 0 spiro atoms. The molecule has 1 unspecified atom stereocenters. The lowest BCUT2D eigenvalue weighted by Crippen LogP contribution is -2.30. The molecule has 1 fully saturated rings. The van der Waals surface area contributed by atoms with Crippen LogP contribution >= 0.6 is 0 Å². The molecule has 0 saturated carbocycles. The van der Waals surface area contributed by atoms with Crippen molar-refractivity contribution in [1.29, 1.82) is 0 Å². The molecule has 104 valence electrons. The van der Waals surface area contributed by atoms with Crippen LogP contribution in [0, 0.1) is 23.0 Å². The Morgan fingerprint density at radius 2 is 2.37 bits per heavy atom. The summed E-state index contributed by atoms with van der Waals surface area (Å²) in [6.45, 7) is 4.69. The van der Waals surface area contributed by atoms with E-state index in [2.05, 4.69) is 5.32 Å². The van der Waals surface area contributed by atoms with Crippen LogP contribution in [0.1, 0.15) is 24.8 Å². The number of aryl methyl sites for hydroxylation is 1. The standard InChI is InChI=1S/C14H20N2O3/c1-11-4-5-13(16(17)18)9-14(11)19-8-6-12-3-2-7-15-10-12/h4-5,9,12,15H,2-3,6-8,10H2,1H3. The molecule has 19 heavy (non-hydrogen) atoms. The van der Waals surface area contributed by atoms with E-state index < -0.39 is 4.92 Å². The van der Waals surface area contributed by atoms with E-state index in [4.69, 9.17) is 4.74 Å². The highest BCUT2D eigenvalue weighted by atomic mass is 16.6. The summed E-state index contributed by atoms with van der Waals surface area (Å²) in [5.74, 6) is 1.28. The molecule has 0 radical (unpaired) electrons. The number of nitro benzene ring substituents is 1. The zero-order chi connectivity index (χ0) is 13.7. The predicted octanol–water partition coefficient (Wildman–Crippen LogP) is 2.67. The van der Waals surface area contributed by atoms with Gasteiger partial charge in [0, 0.05) is 6.07 Å². The smallest absolute Gasteiger partial charge is 0.273 e. The number of non-ortho nitro benzene ring substituents is 1. The second-order valence-electron chi connectivity index (χ2n) is 5.06. The van der Waals surface area contributed by atoms with Crippen molar-refractivity contribution in [3.63, 3.8) is 0 Å². The third-order valence-corrected chi connectivity index (χ3v) is 3.57. The van der Waals surface area contributed by atoms with E-state index in [-0.39, 0.29) is 5.69 Å². The number of piperidine rings is 1. The van der Waals surface area contributed by atoms with Crippen molar-refractivity contribution in [2.24, 2.45) is 5.92 Å². The van der Waals surface area contributed by atoms with Crippen LogP contribution in [0.4, 0.5) is 5.69 Å². The third-order valence-electron chi connectivity index (χ3n) is 3.57. The summed E-state index contributed by atoms with van der Waals surface area (Å²) in [4.78, 5) is 10.3. The van der Waals surface area contributed by atoms with Gasteiger partial charge in [-0.05, 0) is 56.8 Å². The lowest BCUT2D eigenvalue weighted by molar-refractivity contribution is -0.384. The summed E-state index contributed by atoms with van der Waals surface area (Å²) in [5, 5.41) is 14.1. The number of benzene rings is 1. The van der Waals surface area contributed by atoms with Crippen molar-refractivity contribution in [1.82, 2.24) is 5.32 Å². The first-order chi connectivity index (χ1) is 9.16. The predicted molar refractivity (Wildman–Crippen MR) is 73.5 cm³/mol. The molecule has 1 saturated heterocycles. The first-order valence-electron chi connectivity index (χ1n) is 6.75. The van der Waals surface area contributed by atoms with Gasteiger partial charge < -0.3 is 10.1 Å². The maximum absolute atomic E-state index is 10.7. The van der Waals surface area contributed by atoms with Crippen molar-refractivity contribution in [2.75, 3.05) is 19.7 Å². The van der Waals surface area contributed by atoms with Gasteiger partial charge in [-0.2, -0.15) is 0 Å². The Bertz CT molecular complexity index is 442. The quantitative estimate of drug-likeness (QED) is 0.656. The summed E-state index contributed by atoms with van der Waals surface area (Å²) in [6.07, 6.45) is 3.46. The van der Waals surface area contributed by atoms with Crippen molar-refractivity contribution in [3.8, 4) is 5.75 Å². The molecule has 0 aromatic heterocycles. The van der Waals surface area contributed by atoms with Gasteiger partial charge in [-0.1, -0.05) is 0 Å². The number of hydrogen-bond acceptors (Lipinski definition) is 4. The van der Waals surface area contributed by atoms with Gasteiger partial charge in [-0.15, -0.1) is 0 Å². The van der Waals surface area contributed by atoms with Crippen LogP contribution in [0.2, 0.25) is 0 Å². The number of hydrogen-bond donors (Lipinski definition) is 1. The van der Waals surface area contributed by atoms with Gasteiger partial charge in [0.25, 0.3) is 5.69 Å². The normalized spacial score (nSPS) is 19.1.